The van der Waals surface area contributed by atoms with E-state index in [9.17, 15) is 0 Å². The molecule has 0 saturated heterocycles. The number of aryl methyl sites for hydroxylation is 1. The second kappa shape index (κ2) is 6.12. The van der Waals surface area contributed by atoms with Gasteiger partial charge in [-0.05, 0) is 37.3 Å². The largest absolute Gasteiger partial charge is 0.455 e. The molecule has 3 aromatic rings. The van der Waals surface area contributed by atoms with E-state index in [1.807, 2.05) is 13.0 Å². The first-order chi connectivity index (χ1) is 11.2. The standard InChI is InChI=1S/C17H13N5O/c1-11-16(4-5-17(19)22-11)23-14-6-7-20-15(8-14)12-2-3-13(9-18)21-10-12/h2-8,10H,1H3,(H2,19,22). The number of pyridine rings is 3. The Morgan fingerprint density at radius 2 is 2.00 bits per heavy atom. The zero-order valence-corrected chi connectivity index (χ0v) is 12.4. The van der Waals surface area contributed by atoms with Crippen LogP contribution in [-0.2, 0) is 0 Å². The van der Waals surface area contributed by atoms with Crippen LogP contribution in [0.1, 0.15) is 11.4 Å². The van der Waals surface area contributed by atoms with Gasteiger partial charge in [0.2, 0.25) is 0 Å². The molecule has 112 valence electrons. The molecule has 0 spiro atoms. The summed E-state index contributed by atoms with van der Waals surface area (Å²) in [5.74, 6) is 1.72. The molecule has 3 aromatic heterocycles. The van der Waals surface area contributed by atoms with Crippen molar-refractivity contribution in [2.24, 2.45) is 0 Å². The molecule has 0 aliphatic rings. The van der Waals surface area contributed by atoms with Crippen LogP contribution in [0.25, 0.3) is 11.3 Å². The predicted octanol–water partition coefficient (Wildman–Crippen LogP) is 3.09. The molecule has 3 rings (SSSR count). The molecule has 0 fully saturated rings. The Bertz CT molecular complexity index is 884. The number of aromatic nitrogens is 3. The Labute approximate surface area is 133 Å². The second-order valence-corrected chi connectivity index (χ2v) is 4.84. The van der Waals surface area contributed by atoms with Crippen LogP contribution >= 0.6 is 0 Å². The highest BCUT2D eigenvalue weighted by molar-refractivity contribution is 5.60. The van der Waals surface area contributed by atoms with Crippen molar-refractivity contribution in [3.63, 3.8) is 0 Å². The molecule has 0 aromatic carbocycles. The number of hydrogen-bond donors (Lipinski definition) is 1. The molecule has 0 atom stereocenters. The lowest BCUT2D eigenvalue weighted by Crippen LogP contribution is -1.95. The minimum absolute atomic E-state index is 0.365. The van der Waals surface area contributed by atoms with Crippen molar-refractivity contribution in [3.8, 4) is 28.8 Å². The quantitative estimate of drug-likeness (QED) is 0.798. The fourth-order valence-electron chi connectivity index (χ4n) is 2.05. The summed E-state index contributed by atoms with van der Waals surface area (Å²) in [6.45, 7) is 1.83. The third-order valence-corrected chi connectivity index (χ3v) is 3.19. The highest BCUT2D eigenvalue weighted by Gasteiger charge is 2.06. The van der Waals surface area contributed by atoms with Crippen molar-refractivity contribution in [2.75, 3.05) is 5.73 Å². The Morgan fingerprint density at radius 3 is 2.70 bits per heavy atom. The maximum atomic E-state index is 8.79. The summed E-state index contributed by atoms with van der Waals surface area (Å²) < 4.78 is 5.84. The first-order valence-electron chi connectivity index (χ1n) is 6.89. The lowest BCUT2D eigenvalue weighted by Gasteiger charge is -2.09. The van der Waals surface area contributed by atoms with Gasteiger partial charge in [0.25, 0.3) is 0 Å². The van der Waals surface area contributed by atoms with E-state index in [1.54, 1.807) is 48.8 Å². The monoisotopic (exact) mass is 303 g/mol. The van der Waals surface area contributed by atoms with Crippen LogP contribution in [0.4, 0.5) is 5.82 Å². The highest BCUT2D eigenvalue weighted by Crippen LogP contribution is 2.27. The van der Waals surface area contributed by atoms with Gasteiger partial charge in [-0.2, -0.15) is 5.26 Å². The number of ether oxygens (including phenoxy) is 1. The minimum Gasteiger partial charge on any atom is -0.455 e. The van der Waals surface area contributed by atoms with Crippen LogP contribution in [0.2, 0.25) is 0 Å². The van der Waals surface area contributed by atoms with Crippen molar-refractivity contribution < 1.29 is 4.74 Å². The fraction of sp³-hybridized carbons (Fsp3) is 0.0588. The van der Waals surface area contributed by atoms with Crippen LogP contribution in [0.3, 0.4) is 0 Å². The van der Waals surface area contributed by atoms with Gasteiger partial charge in [0.15, 0.2) is 0 Å². The Hall–Kier alpha value is -3.46. The SMILES string of the molecule is Cc1nc(N)ccc1Oc1ccnc(-c2ccc(C#N)nc2)c1. The van der Waals surface area contributed by atoms with Crippen LogP contribution in [0, 0.1) is 18.3 Å². The van der Waals surface area contributed by atoms with Crippen molar-refractivity contribution in [3.05, 3.63) is 60.2 Å². The summed E-state index contributed by atoms with van der Waals surface area (Å²) in [5.41, 5.74) is 8.23. The molecule has 2 N–H and O–H groups in total. The van der Waals surface area contributed by atoms with Crippen LogP contribution in [0.15, 0.2) is 48.8 Å². The molecule has 0 aliphatic carbocycles. The van der Waals surface area contributed by atoms with Gasteiger partial charge in [-0.3, -0.25) is 4.98 Å². The van der Waals surface area contributed by atoms with E-state index >= 15 is 0 Å². The van der Waals surface area contributed by atoms with Crippen molar-refractivity contribution >= 4 is 5.82 Å². The molecule has 0 aliphatic heterocycles. The summed E-state index contributed by atoms with van der Waals surface area (Å²) in [7, 11) is 0. The molecular weight excluding hydrogens is 290 g/mol. The Kier molecular flexibility index (Phi) is 3.85. The van der Waals surface area contributed by atoms with Gasteiger partial charge in [-0.25, -0.2) is 9.97 Å². The first kappa shape index (κ1) is 14.5. The van der Waals surface area contributed by atoms with Gasteiger partial charge in [0.05, 0.1) is 11.4 Å². The minimum atomic E-state index is 0.365. The second-order valence-electron chi connectivity index (χ2n) is 4.84. The summed E-state index contributed by atoms with van der Waals surface area (Å²) in [4.78, 5) is 12.5. The maximum Gasteiger partial charge on any atom is 0.148 e. The zero-order chi connectivity index (χ0) is 16.2. The first-order valence-corrected chi connectivity index (χ1v) is 6.89. The van der Waals surface area contributed by atoms with E-state index in [1.165, 1.54) is 0 Å². The number of nitrogens with two attached hydrogens (primary N) is 1. The van der Waals surface area contributed by atoms with Crippen molar-refractivity contribution in [2.45, 2.75) is 6.92 Å². The van der Waals surface area contributed by atoms with Gasteiger partial charge in [0, 0.05) is 24.0 Å². The van der Waals surface area contributed by atoms with Crippen LogP contribution < -0.4 is 10.5 Å². The maximum absolute atomic E-state index is 8.79. The van der Waals surface area contributed by atoms with Gasteiger partial charge in [-0.15, -0.1) is 0 Å². The molecule has 23 heavy (non-hydrogen) atoms. The number of nitrogen functional groups attached to an aromatic ring is 1. The third-order valence-electron chi connectivity index (χ3n) is 3.19. The zero-order valence-electron chi connectivity index (χ0n) is 12.4. The van der Waals surface area contributed by atoms with E-state index in [0.29, 0.717) is 34.4 Å². The fourth-order valence-corrected chi connectivity index (χ4v) is 2.05. The smallest absolute Gasteiger partial charge is 0.148 e. The van der Waals surface area contributed by atoms with E-state index in [2.05, 4.69) is 15.0 Å². The topological polar surface area (TPSA) is 97.7 Å². The average Bonchev–Trinajstić information content (AvgIpc) is 2.58. The van der Waals surface area contributed by atoms with E-state index < -0.39 is 0 Å². The number of hydrogen-bond acceptors (Lipinski definition) is 6. The molecule has 0 unspecified atom stereocenters. The molecule has 0 saturated carbocycles. The van der Waals surface area contributed by atoms with E-state index in [4.69, 9.17) is 15.7 Å². The Balaban J connectivity index is 1.88. The highest BCUT2D eigenvalue weighted by atomic mass is 16.5. The van der Waals surface area contributed by atoms with E-state index in [-0.39, 0.29) is 0 Å². The van der Waals surface area contributed by atoms with Gasteiger partial charge in [0.1, 0.15) is 29.1 Å². The van der Waals surface area contributed by atoms with Gasteiger partial charge in [-0.1, -0.05) is 0 Å². The number of rotatable bonds is 3. The molecular formula is C17H13N5O. The van der Waals surface area contributed by atoms with Gasteiger partial charge < -0.3 is 10.5 Å². The third kappa shape index (κ3) is 3.24. The summed E-state index contributed by atoms with van der Waals surface area (Å²) in [5, 5.41) is 8.79. The van der Waals surface area contributed by atoms with Crippen molar-refractivity contribution in [1.82, 2.24) is 15.0 Å². The molecule has 3 heterocycles. The van der Waals surface area contributed by atoms with E-state index in [0.717, 1.165) is 5.56 Å². The molecule has 0 radical (unpaired) electrons. The lowest BCUT2D eigenvalue weighted by atomic mass is 10.2. The number of nitrogens with zero attached hydrogens (tertiary/aromatic N) is 4. The molecule has 0 amide bonds. The van der Waals surface area contributed by atoms with Crippen LogP contribution in [0.5, 0.6) is 11.5 Å². The average molecular weight is 303 g/mol. The summed E-state index contributed by atoms with van der Waals surface area (Å²) >= 11 is 0. The number of nitriles is 1. The molecule has 6 nitrogen and oxygen atoms in total. The summed E-state index contributed by atoms with van der Waals surface area (Å²) in [6, 6.07) is 12.5. The molecule has 6 heteroatoms. The van der Waals surface area contributed by atoms with Gasteiger partial charge >= 0.3 is 0 Å². The Morgan fingerprint density at radius 1 is 1.13 bits per heavy atom. The normalized spacial score (nSPS) is 10.1. The molecule has 0 bridgehead atoms. The number of anilines is 1. The summed E-state index contributed by atoms with van der Waals surface area (Å²) in [6.07, 6.45) is 3.27. The predicted molar refractivity (Wildman–Crippen MR) is 85.6 cm³/mol. The van der Waals surface area contributed by atoms with Crippen LogP contribution in [-0.4, -0.2) is 15.0 Å². The lowest BCUT2D eigenvalue weighted by molar-refractivity contribution is 0.475. The van der Waals surface area contributed by atoms with Crippen molar-refractivity contribution in [1.29, 1.82) is 5.26 Å².